The van der Waals surface area contributed by atoms with Gasteiger partial charge in [0, 0.05) is 22.7 Å². The number of carbonyl (C=O) groups is 1. The number of hydrogen-bond acceptors (Lipinski definition) is 5. The molecule has 3 rings (SSSR count). The molecule has 1 aromatic carbocycles. The molecular weight excluding hydrogens is 352 g/mol. The van der Waals surface area contributed by atoms with Gasteiger partial charge in [-0.3, -0.25) is 19.1 Å². The van der Waals surface area contributed by atoms with E-state index < -0.39 is 12.5 Å². The number of aromatic nitrogens is 2. The minimum Gasteiger partial charge on any atom is -0.432 e. The normalized spacial score (nSPS) is 11.0. The Kier molecular flexibility index (Phi) is 4.75. The van der Waals surface area contributed by atoms with E-state index in [-0.39, 0.29) is 22.7 Å². The molecule has 2 heterocycles. The molecule has 130 valence electrons. The van der Waals surface area contributed by atoms with Crippen LogP contribution in [0.1, 0.15) is 5.69 Å². The number of benzene rings is 1. The van der Waals surface area contributed by atoms with Crippen molar-refractivity contribution in [3.05, 3.63) is 51.2 Å². The third-order valence-corrected chi connectivity index (χ3v) is 4.38. The number of pyridine rings is 1. The summed E-state index contributed by atoms with van der Waals surface area (Å²) in [4.78, 5) is 27.8. The lowest BCUT2D eigenvalue weighted by Crippen LogP contribution is -2.25. The molecule has 0 spiro atoms. The molecule has 0 atom stereocenters. The fraction of sp³-hybridized carbons (Fsp3) is 0.188. The molecule has 0 unspecified atom stereocenters. The van der Waals surface area contributed by atoms with Gasteiger partial charge < -0.3 is 10.1 Å². The standard InChI is InChI=1S/C16H13F2N3O3S/c1-9-8-25-16(23)21(9)7-13(22)20-11-4-5-12(24-15(17)18)14-10(11)3-2-6-19-14/h2-6,8,15H,7H2,1H3,(H,20,22). The minimum absolute atomic E-state index is 0.0755. The monoisotopic (exact) mass is 365 g/mol. The van der Waals surface area contributed by atoms with E-state index in [1.54, 1.807) is 24.4 Å². The van der Waals surface area contributed by atoms with Crippen LogP contribution in [0.4, 0.5) is 14.5 Å². The molecule has 0 aliphatic heterocycles. The number of ether oxygens (including phenoxy) is 1. The van der Waals surface area contributed by atoms with Crippen LogP contribution in [-0.4, -0.2) is 22.1 Å². The first-order chi connectivity index (χ1) is 12.0. The fourth-order valence-corrected chi connectivity index (χ4v) is 3.11. The smallest absolute Gasteiger partial charge is 0.387 e. The Bertz CT molecular complexity index is 984. The first kappa shape index (κ1) is 17.0. The number of hydrogen-bond donors (Lipinski definition) is 1. The summed E-state index contributed by atoms with van der Waals surface area (Å²) >= 11 is 1.02. The van der Waals surface area contributed by atoms with Gasteiger partial charge in [-0.15, -0.1) is 0 Å². The number of amides is 1. The maximum absolute atomic E-state index is 12.5. The first-order valence-electron chi connectivity index (χ1n) is 7.23. The van der Waals surface area contributed by atoms with Crippen LogP contribution in [-0.2, 0) is 11.3 Å². The summed E-state index contributed by atoms with van der Waals surface area (Å²) < 4.78 is 30.8. The molecule has 0 aliphatic rings. The van der Waals surface area contributed by atoms with Crippen LogP contribution < -0.4 is 14.9 Å². The van der Waals surface area contributed by atoms with Crippen molar-refractivity contribution in [1.29, 1.82) is 0 Å². The average Bonchev–Trinajstić information content (AvgIpc) is 2.88. The summed E-state index contributed by atoms with van der Waals surface area (Å²) in [5.41, 5.74) is 1.30. The molecule has 1 amide bonds. The second-order valence-corrected chi connectivity index (χ2v) is 5.99. The predicted molar refractivity (Wildman–Crippen MR) is 90.3 cm³/mol. The Hall–Kier alpha value is -2.81. The lowest BCUT2D eigenvalue weighted by atomic mass is 10.1. The zero-order valence-corrected chi connectivity index (χ0v) is 13.8. The van der Waals surface area contributed by atoms with Crippen molar-refractivity contribution in [3.63, 3.8) is 0 Å². The van der Waals surface area contributed by atoms with Gasteiger partial charge in [-0.2, -0.15) is 8.78 Å². The number of carbonyl (C=O) groups excluding carboxylic acids is 1. The molecule has 0 fully saturated rings. The molecular formula is C16H13F2N3O3S. The van der Waals surface area contributed by atoms with E-state index in [9.17, 15) is 18.4 Å². The minimum atomic E-state index is -2.97. The number of rotatable bonds is 5. The number of aryl methyl sites for hydroxylation is 1. The Labute approximate surface area is 144 Å². The highest BCUT2D eigenvalue weighted by Gasteiger charge is 2.14. The molecule has 0 bridgehead atoms. The summed E-state index contributed by atoms with van der Waals surface area (Å²) in [7, 11) is 0. The Morgan fingerprint density at radius 2 is 2.20 bits per heavy atom. The van der Waals surface area contributed by atoms with E-state index in [1.165, 1.54) is 22.9 Å². The zero-order valence-electron chi connectivity index (χ0n) is 13.0. The van der Waals surface area contributed by atoms with E-state index in [0.29, 0.717) is 16.8 Å². The highest BCUT2D eigenvalue weighted by Crippen LogP contribution is 2.30. The quantitative estimate of drug-likeness (QED) is 0.754. The summed E-state index contributed by atoms with van der Waals surface area (Å²) in [5, 5.41) is 4.81. The number of fused-ring (bicyclic) bond motifs is 1. The fourth-order valence-electron chi connectivity index (χ4n) is 2.38. The number of nitrogens with zero attached hydrogens (tertiary/aromatic N) is 2. The van der Waals surface area contributed by atoms with Crippen LogP contribution >= 0.6 is 11.3 Å². The average molecular weight is 365 g/mol. The van der Waals surface area contributed by atoms with Crippen molar-refractivity contribution in [1.82, 2.24) is 9.55 Å². The largest absolute Gasteiger partial charge is 0.432 e. The second-order valence-electron chi connectivity index (χ2n) is 5.17. The van der Waals surface area contributed by atoms with Gasteiger partial charge in [0.05, 0.1) is 5.69 Å². The summed E-state index contributed by atoms with van der Waals surface area (Å²) in [6.45, 7) is -1.37. The molecule has 0 saturated carbocycles. The molecule has 6 nitrogen and oxygen atoms in total. The van der Waals surface area contributed by atoms with E-state index >= 15 is 0 Å². The van der Waals surface area contributed by atoms with Crippen LogP contribution in [0.25, 0.3) is 10.9 Å². The van der Waals surface area contributed by atoms with Crippen molar-refractivity contribution < 1.29 is 18.3 Å². The van der Waals surface area contributed by atoms with Gasteiger partial charge in [-0.05, 0) is 31.2 Å². The van der Waals surface area contributed by atoms with E-state index in [1.807, 2.05) is 0 Å². The van der Waals surface area contributed by atoms with Gasteiger partial charge >= 0.3 is 11.5 Å². The molecule has 9 heteroatoms. The highest BCUT2D eigenvalue weighted by atomic mass is 32.1. The number of anilines is 1. The van der Waals surface area contributed by atoms with Crippen LogP contribution in [0.3, 0.4) is 0 Å². The van der Waals surface area contributed by atoms with Crippen molar-refractivity contribution in [2.45, 2.75) is 20.1 Å². The SMILES string of the molecule is Cc1csc(=O)n1CC(=O)Nc1ccc(OC(F)F)c2ncccc12. The second kappa shape index (κ2) is 6.98. The van der Waals surface area contributed by atoms with E-state index in [2.05, 4.69) is 15.0 Å². The van der Waals surface area contributed by atoms with Gasteiger partial charge in [-0.1, -0.05) is 11.3 Å². The lowest BCUT2D eigenvalue weighted by molar-refractivity contribution is -0.116. The van der Waals surface area contributed by atoms with Crippen LogP contribution in [0.2, 0.25) is 0 Å². The van der Waals surface area contributed by atoms with Crippen molar-refractivity contribution in [2.24, 2.45) is 0 Å². The molecule has 3 aromatic rings. The number of thiazole rings is 1. The van der Waals surface area contributed by atoms with Crippen LogP contribution in [0.5, 0.6) is 5.75 Å². The Morgan fingerprint density at radius 3 is 2.88 bits per heavy atom. The number of alkyl halides is 2. The molecule has 25 heavy (non-hydrogen) atoms. The van der Waals surface area contributed by atoms with Crippen LogP contribution in [0, 0.1) is 6.92 Å². The van der Waals surface area contributed by atoms with Gasteiger partial charge in [0.2, 0.25) is 5.91 Å². The Balaban J connectivity index is 1.89. The van der Waals surface area contributed by atoms with Gasteiger partial charge in [-0.25, -0.2) is 0 Å². The number of halogens is 2. The third kappa shape index (κ3) is 3.66. The van der Waals surface area contributed by atoms with E-state index in [4.69, 9.17) is 0 Å². The maximum Gasteiger partial charge on any atom is 0.387 e. The van der Waals surface area contributed by atoms with Crippen molar-refractivity contribution >= 4 is 33.8 Å². The molecule has 0 radical (unpaired) electrons. The topological polar surface area (TPSA) is 73.2 Å². The highest BCUT2D eigenvalue weighted by molar-refractivity contribution is 7.07. The summed E-state index contributed by atoms with van der Waals surface area (Å²) in [5.74, 6) is -0.482. The van der Waals surface area contributed by atoms with Crippen LogP contribution in [0.15, 0.2) is 40.6 Å². The Morgan fingerprint density at radius 1 is 1.40 bits per heavy atom. The third-order valence-electron chi connectivity index (χ3n) is 3.50. The molecule has 0 aliphatic carbocycles. The molecule has 0 saturated heterocycles. The summed E-state index contributed by atoms with van der Waals surface area (Å²) in [6.07, 6.45) is 1.44. The van der Waals surface area contributed by atoms with Crippen molar-refractivity contribution in [2.75, 3.05) is 5.32 Å². The summed E-state index contributed by atoms with van der Waals surface area (Å²) in [6, 6.07) is 6.04. The van der Waals surface area contributed by atoms with Gasteiger partial charge in [0.1, 0.15) is 12.1 Å². The van der Waals surface area contributed by atoms with Gasteiger partial charge in [0.25, 0.3) is 0 Å². The lowest BCUT2D eigenvalue weighted by Gasteiger charge is -2.12. The first-order valence-corrected chi connectivity index (χ1v) is 8.11. The van der Waals surface area contributed by atoms with Crippen molar-refractivity contribution in [3.8, 4) is 5.75 Å². The van der Waals surface area contributed by atoms with E-state index in [0.717, 1.165) is 11.3 Å². The predicted octanol–water partition coefficient (Wildman–Crippen LogP) is 3.01. The molecule has 2 aromatic heterocycles. The number of nitrogens with one attached hydrogen (secondary N) is 1. The molecule has 1 N–H and O–H groups in total. The zero-order chi connectivity index (χ0) is 18.0. The van der Waals surface area contributed by atoms with Gasteiger partial charge in [0.15, 0.2) is 5.75 Å². The maximum atomic E-state index is 12.5.